The molecule has 3 aromatic carbocycles. The maximum atomic E-state index is 12.6. The highest BCUT2D eigenvalue weighted by Gasteiger charge is 2.36. The van der Waals surface area contributed by atoms with Crippen LogP contribution in [0.2, 0.25) is 0 Å². The molecule has 148 valence electrons. The Labute approximate surface area is 172 Å². The van der Waals surface area contributed by atoms with Gasteiger partial charge in [-0.2, -0.15) is 0 Å². The minimum Gasteiger partial charge on any atom is -0.357 e. The van der Waals surface area contributed by atoms with Gasteiger partial charge in [0.15, 0.2) is 0 Å². The number of hydrogen-bond acceptors (Lipinski definition) is 3. The smallest absolute Gasteiger partial charge is 0.221 e. The third-order valence-corrected chi connectivity index (χ3v) is 5.26. The molecule has 0 spiro atoms. The number of ether oxygens (including phenoxy) is 1. The van der Waals surface area contributed by atoms with Gasteiger partial charge < -0.3 is 10.1 Å². The van der Waals surface area contributed by atoms with E-state index in [1.54, 1.807) is 0 Å². The highest BCUT2D eigenvalue weighted by Crippen LogP contribution is 2.33. The van der Waals surface area contributed by atoms with Crippen molar-refractivity contribution in [1.29, 1.82) is 0 Å². The Kier molecular flexibility index (Phi) is 6.35. The average Bonchev–Trinajstić information content (AvgIpc) is 3.16. The van der Waals surface area contributed by atoms with E-state index in [4.69, 9.17) is 4.74 Å². The van der Waals surface area contributed by atoms with Crippen molar-refractivity contribution in [3.05, 3.63) is 108 Å². The lowest BCUT2D eigenvalue weighted by Crippen LogP contribution is -2.37. The van der Waals surface area contributed by atoms with Gasteiger partial charge in [-0.15, -0.1) is 0 Å². The molecule has 1 amide bonds. The van der Waals surface area contributed by atoms with Crippen molar-refractivity contribution in [3.63, 3.8) is 0 Å². The summed E-state index contributed by atoms with van der Waals surface area (Å²) in [6.07, 6.45) is 0.284. The van der Waals surface area contributed by atoms with Crippen LogP contribution in [0.1, 0.15) is 29.3 Å². The Morgan fingerprint density at radius 2 is 1.45 bits per heavy atom. The van der Waals surface area contributed by atoms with E-state index in [1.807, 2.05) is 66.7 Å². The Hall–Kier alpha value is -2.95. The average molecular weight is 386 g/mol. The van der Waals surface area contributed by atoms with Gasteiger partial charge in [0.25, 0.3) is 0 Å². The molecule has 1 saturated heterocycles. The predicted octanol–water partition coefficient (Wildman–Crippen LogP) is 4.29. The zero-order valence-electron chi connectivity index (χ0n) is 16.4. The minimum atomic E-state index is -0.136. The molecule has 3 aromatic rings. The lowest BCUT2D eigenvalue weighted by molar-refractivity contribution is -0.122. The summed E-state index contributed by atoms with van der Waals surface area (Å²) < 4.78 is 6.15. The number of nitrogens with one attached hydrogen (secondary N) is 1. The van der Waals surface area contributed by atoms with E-state index in [0.29, 0.717) is 19.6 Å². The normalized spacial score (nSPS) is 19.2. The summed E-state index contributed by atoms with van der Waals surface area (Å²) in [5.74, 6) is 0.0502. The standard InChI is InChI=1S/C25H26N2O2/c28-24(26-17-20-10-4-1-5-11-20)16-23-19-29-25(22-14-8-3-9-15-22)27(23)18-21-12-6-2-7-13-21/h1-15,23,25H,16-19H2,(H,26,28)/t23-,25-/m0/s1. The summed E-state index contributed by atoms with van der Waals surface area (Å²) in [5.41, 5.74) is 3.44. The van der Waals surface area contributed by atoms with Gasteiger partial charge in [0, 0.05) is 25.6 Å². The van der Waals surface area contributed by atoms with Gasteiger partial charge in [0.2, 0.25) is 5.91 Å². The molecule has 0 aromatic heterocycles. The molecule has 1 aliphatic rings. The van der Waals surface area contributed by atoms with E-state index in [9.17, 15) is 4.79 Å². The van der Waals surface area contributed by atoms with Crippen molar-refractivity contribution in [1.82, 2.24) is 10.2 Å². The Bertz CT molecular complexity index is 900. The van der Waals surface area contributed by atoms with Crippen LogP contribution in [-0.2, 0) is 22.6 Å². The van der Waals surface area contributed by atoms with Gasteiger partial charge >= 0.3 is 0 Å². The van der Waals surface area contributed by atoms with E-state index in [2.05, 4.69) is 34.5 Å². The number of benzene rings is 3. The van der Waals surface area contributed by atoms with Gasteiger partial charge in [-0.25, -0.2) is 0 Å². The molecule has 4 nitrogen and oxygen atoms in total. The molecule has 0 radical (unpaired) electrons. The first kappa shape index (κ1) is 19.4. The highest BCUT2D eigenvalue weighted by atomic mass is 16.5. The van der Waals surface area contributed by atoms with Gasteiger partial charge in [-0.1, -0.05) is 91.0 Å². The summed E-state index contributed by atoms with van der Waals surface area (Å²) in [4.78, 5) is 14.9. The molecule has 1 fully saturated rings. The molecule has 2 atom stereocenters. The third-order valence-electron chi connectivity index (χ3n) is 5.26. The van der Waals surface area contributed by atoms with Gasteiger partial charge in [-0.3, -0.25) is 9.69 Å². The summed E-state index contributed by atoms with van der Waals surface area (Å²) in [7, 11) is 0. The van der Waals surface area contributed by atoms with Crippen LogP contribution < -0.4 is 5.32 Å². The second-order valence-corrected chi connectivity index (χ2v) is 7.37. The summed E-state index contributed by atoms with van der Waals surface area (Å²) in [5, 5.41) is 3.04. The lowest BCUT2D eigenvalue weighted by Gasteiger charge is -2.28. The fraction of sp³-hybridized carbons (Fsp3) is 0.240. The molecule has 0 aliphatic carbocycles. The lowest BCUT2D eigenvalue weighted by atomic mass is 10.1. The van der Waals surface area contributed by atoms with Crippen LogP contribution >= 0.6 is 0 Å². The molecule has 1 heterocycles. The number of rotatable bonds is 7. The molecule has 0 saturated carbocycles. The van der Waals surface area contributed by atoms with Crippen LogP contribution in [0.4, 0.5) is 0 Å². The first-order valence-corrected chi connectivity index (χ1v) is 10.1. The highest BCUT2D eigenvalue weighted by molar-refractivity contribution is 5.76. The number of amides is 1. The van der Waals surface area contributed by atoms with Crippen molar-refractivity contribution < 1.29 is 9.53 Å². The van der Waals surface area contributed by atoms with Crippen molar-refractivity contribution in [2.75, 3.05) is 6.61 Å². The molecule has 0 unspecified atom stereocenters. The SMILES string of the molecule is O=C(C[C@H]1CO[C@@H](c2ccccc2)N1Cc1ccccc1)NCc1ccccc1. The third kappa shape index (κ3) is 5.11. The van der Waals surface area contributed by atoms with Crippen molar-refractivity contribution in [2.24, 2.45) is 0 Å². The predicted molar refractivity (Wildman–Crippen MR) is 114 cm³/mol. The van der Waals surface area contributed by atoms with E-state index in [0.717, 1.165) is 17.7 Å². The van der Waals surface area contributed by atoms with Crippen LogP contribution in [0, 0.1) is 0 Å². The van der Waals surface area contributed by atoms with Crippen molar-refractivity contribution in [3.8, 4) is 0 Å². The monoisotopic (exact) mass is 386 g/mol. The molecular weight excluding hydrogens is 360 g/mol. The first-order chi connectivity index (χ1) is 14.3. The number of hydrogen-bond donors (Lipinski definition) is 1. The fourth-order valence-electron chi connectivity index (χ4n) is 3.76. The molecule has 1 aliphatic heterocycles. The molecule has 1 N–H and O–H groups in total. The van der Waals surface area contributed by atoms with Gasteiger partial charge in [0.1, 0.15) is 6.23 Å². The van der Waals surface area contributed by atoms with Gasteiger partial charge in [-0.05, 0) is 16.7 Å². The second kappa shape index (κ2) is 9.50. The van der Waals surface area contributed by atoms with Crippen LogP contribution in [0.5, 0.6) is 0 Å². The molecule has 4 rings (SSSR count). The maximum absolute atomic E-state index is 12.6. The minimum absolute atomic E-state index is 0.0381. The fourth-order valence-corrected chi connectivity index (χ4v) is 3.76. The number of carbonyl (C=O) groups excluding carboxylic acids is 1. The Morgan fingerprint density at radius 1 is 0.862 bits per heavy atom. The van der Waals surface area contributed by atoms with E-state index < -0.39 is 0 Å². The zero-order chi connectivity index (χ0) is 19.9. The van der Waals surface area contributed by atoms with E-state index in [-0.39, 0.29) is 18.2 Å². The molecular formula is C25H26N2O2. The number of carbonyl (C=O) groups is 1. The van der Waals surface area contributed by atoms with Crippen LogP contribution in [0.3, 0.4) is 0 Å². The van der Waals surface area contributed by atoms with Crippen LogP contribution in [0.25, 0.3) is 0 Å². The van der Waals surface area contributed by atoms with E-state index in [1.165, 1.54) is 5.56 Å². The van der Waals surface area contributed by atoms with Crippen LogP contribution in [-0.4, -0.2) is 23.5 Å². The largest absolute Gasteiger partial charge is 0.357 e. The topological polar surface area (TPSA) is 41.6 Å². The summed E-state index contributed by atoms with van der Waals surface area (Å²) in [6, 6.07) is 30.6. The molecule has 29 heavy (non-hydrogen) atoms. The van der Waals surface area contributed by atoms with Gasteiger partial charge in [0.05, 0.1) is 6.61 Å². The number of nitrogens with zero attached hydrogens (tertiary/aromatic N) is 1. The second-order valence-electron chi connectivity index (χ2n) is 7.37. The summed E-state index contributed by atoms with van der Waals surface area (Å²) in [6.45, 7) is 1.84. The molecule has 4 heteroatoms. The molecule has 0 bridgehead atoms. The summed E-state index contributed by atoms with van der Waals surface area (Å²) >= 11 is 0. The Morgan fingerprint density at radius 3 is 2.10 bits per heavy atom. The maximum Gasteiger partial charge on any atom is 0.221 e. The zero-order valence-corrected chi connectivity index (χ0v) is 16.4. The van der Waals surface area contributed by atoms with Crippen molar-refractivity contribution in [2.45, 2.75) is 31.8 Å². The first-order valence-electron chi connectivity index (χ1n) is 10.1. The van der Waals surface area contributed by atoms with Crippen LogP contribution in [0.15, 0.2) is 91.0 Å². The quantitative estimate of drug-likeness (QED) is 0.659. The van der Waals surface area contributed by atoms with Crippen molar-refractivity contribution >= 4 is 5.91 Å². The van der Waals surface area contributed by atoms with E-state index >= 15 is 0 Å². The Balaban J connectivity index is 1.45.